The molecule has 3 N–H and O–H groups in total. The summed E-state index contributed by atoms with van der Waals surface area (Å²) in [5, 5.41) is 15.6. The lowest BCUT2D eigenvalue weighted by molar-refractivity contribution is -0.130. The summed E-state index contributed by atoms with van der Waals surface area (Å²) >= 11 is 1.42. The Morgan fingerprint density at radius 3 is 2.47 bits per heavy atom. The lowest BCUT2D eigenvalue weighted by Crippen LogP contribution is -2.47. The number of nitrogens with zero attached hydrogens (tertiary/aromatic N) is 3. The van der Waals surface area contributed by atoms with Crippen molar-refractivity contribution in [2.75, 3.05) is 36.8 Å². The summed E-state index contributed by atoms with van der Waals surface area (Å²) < 4.78 is 0. The van der Waals surface area contributed by atoms with Gasteiger partial charge in [-0.3, -0.25) is 19.5 Å². The molecule has 2 aliphatic rings. The van der Waals surface area contributed by atoms with E-state index in [1.165, 1.54) is 30.6 Å². The van der Waals surface area contributed by atoms with Crippen LogP contribution in [0.1, 0.15) is 66.9 Å². The maximum absolute atomic E-state index is 12.9. The first kappa shape index (κ1) is 24.3. The fourth-order valence-electron chi connectivity index (χ4n) is 4.56. The van der Waals surface area contributed by atoms with E-state index in [0.29, 0.717) is 22.3 Å². The standard InChI is InChI=1S/C25H34N6O2S/c1-17(26)22-14-23(34-25(22)29-19-6-4-3-5-7-19)24(33)28-20-8-9-21(27-15-20)16-30-10-12-31(13-11-30)18(2)32/h8-9,14-15,19,26,29H,3-7,10-13,16H2,1-2H3,(H,28,33). The molecule has 0 aromatic carbocycles. The molecule has 0 bridgehead atoms. The number of hydrogen-bond donors (Lipinski definition) is 3. The third kappa shape index (κ3) is 6.21. The van der Waals surface area contributed by atoms with E-state index in [1.54, 1.807) is 20.0 Å². The van der Waals surface area contributed by atoms with Gasteiger partial charge in [-0.2, -0.15) is 0 Å². The Morgan fingerprint density at radius 2 is 1.85 bits per heavy atom. The second-order valence-electron chi connectivity index (χ2n) is 9.23. The van der Waals surface area contributed by atoms with Gasteiger partial charge in [-0.1, -0.05) is 19.3 Å². The van der Waals surface area contributed by atoms with Crippen LogP contribution in [0.5, 0.6) is 0 Å². The Labute approximate surface area is 205 Å². The second-order valence-corrected chi connectivity index (χ2v) is 10.3. The number of piperazine rings is 1. The maximum Gasteiger partial charge on any atom is 0.265 e. The van der Waals surface area contributed by atoms with Crippen LogP contribution in [0.4, 0.5) is 10.7 Å². The van der Waals surface area contributed by atoms with Gasteiger partial charge in [-0.05, 0) is 38.0 Å². The zero-order chi connectivity index (χ0) is 24.1. The van der Waals surface area contributed by atoms with E-state index < -0.39 is 0 Å². The van der Waals surface area contributed by atoms with Gasteiger partial charge in [-0.15, -0.1) is 11.3 Å². The van der Waals surface area contributed by atoms with Gasteiger partial charge in [0.1, 0.15) is 0 Å². The van der Waals surface area contributed by atoms with E-state index in [0.717, 1.165) is 61.8 Å². The molecule has 182 valence electrons. The van der Waals surface area contributed by atoms with Gasteiger partial charge in [0.15, 0.2) is 0 Å². The van der Waals surface area contributed by atoms with Crippen molar-refractivity contribution in [2.24, 2.45) is 0 Å². The molecule has 9 heteroatoms. The lowest BCUT2D eigenvalue weighted by Gasteiger charge is -2.33. The summed E-state index contributed by atoms with van der Waals surface area (Å²) in [5.74, 6) is -0.0532. The highest BCUT2D eigenvalue weighted by Gasteiger charge is 2.21. The van der Waals surface area contributed by atoms with E-state index in [-0.39, 0.29) is 11.8 Å². The summed E-state index contributed by atoms with van der Waals surface area (Å²) in [4.78, 5) is 33.7. The quantitative estimate of drug-likeness (QED) is 0.514. The van der Waals surface area contributed by atoms with Crippen LogP contribution in [-0.4, -0.2) is 64.5 Å². The zero-order valence-electron chi connectivity index (χ0n) is 20.0. The van der Waals surface area contributed by atoms with Crippen LogP contribution in [-0.2, 0) is 11.3 Å². The average Bonchev–Trinajstić information content (AvgIpc) is 3.26. The highest BCUT2D eigenvalue weighted by Crippen LogP contribution is 2.32. The fraction of sp³-hybridized carbons (Fsp3) is 0.520. The van der Waals surface area contributed by atoms with Crippen LogP contribution in [0.15, 0.2) is 24.4 Å². The number of carbonyl (C=O) groups is 2. The molecule has 1 saturated carbocycles. The summed E-state index contributed by atoms with van der Waals surface area (Å²) in [6.07, 6.45) is 7.72. The summed E-state index contributed by atoms with van der Waals surface area (Å²) in [5.41, 5.74) is 2.85. The van der Waals surface area contributed by atoms with Crippen LogP contribution in [0.3, 0.4) is 0 Å². The largest absolute Gasteiger partial charge is 0.374 e. The van der Waals surface area contributed by atoms with Crippen molar-refractivity contribution in [2.45, 2.75) is 58.5 Å². The Kier molecular flexibility index (Phi) is 7.95. The molecule has 2 aromatic heterocycles. The molecule has 0 radical (unpaired) electrons. The van der Waals surface area contributed by atoms with Crippen molar-refractivity contribution in [1.82, 2.24) is 14.8 Å². The molecular formula is C25H34N6O2S. The third-order valence-electron chi connectivity index (χ3n) is 6.59. The number of anilines is 2. The van der Waals surface area contributed by atoms with E-state index in [4.69, 9.17) is 5.41 Å². The van der Waals surface area contributed by atoms with E-state index in [1.807, 2.05) is 23.1 Å². The smallest absolute Gasteiger partial charge is 0.265 e. The molecule has 4 rings (SSSR count). The predicted octanol–water partition coefficient (Wildman–Crippen LogP) is 4.19. The monoisotopic (exact) mass is 482 g/mol. The average molecular weight is 483 g/mol. The molecule has 3 heterocycles. The van der Waals surface area contributed by atoms with Crippen molar-refractivity contribution in [3.8, 4) is 0 Å². The topological polar surface area (TPSA) is 101 Å². The number of thiophene rings is 1. The van der Waals surface area contributed by atoms with Crippen molar-refractivity contribution in [1.29, 1.82) is 5.41 Å². The predicted molar refractivity (Wildman–Crippen MR) is 137 cm³/mol. The number of carbonyl (C=O) groups excluding carboxylic acids is 2. The molecule has 2 amide bonds. The molecule has 34 heavy (non-hydrogen) atoms. The van der Waals surface area contributed by atoms with Gasteiger partial charge < -0.3 is 20.9 Å². The van der Waals surface area contributed by atoms with Crippen molar-refractivity contribution >= 4 is 39.6 Å². The first-order valence-corrected chi connectivity index (χ1v) is 12.9. The molecule has 0 unspecified atom stereocenters. The van der Waals surface area contributed by atoms with Crippen LogP contribution >= 0.6 is 11.3 Å². The minimum Gasteiger partial charge on any atom is -0.374 e. The highest BCUT2D eigenvalue weighted by atomic mass is 32.1. The lowest BCUT2D eigenvalue weighted by atomic mass is 9.95. The number of aromatic nitrogens is 1. The second kappa shape index (κ2) is 11.1. The van der Waals surface area contributed by atoms with Gasteiger partial charge in [-0.25, -0.2) is 0 Å². The Hall–Kier alpha value is -2.78. The van der Waals surface area contributed by atoms with E-state index in [9.17, 15) is 9.59 Å². The summed E-state index contributed by atoms with van der Waals surface area (Å²) in [7, 11) is 0. The van der Waals surface area contributed by atoms with Gasteiger partial charge in [0, 0.05) is 57.0 Å². The molecule has 0 atom stereocenters. The van der Waals surface area contributed by atoms with Crippen LogP contribution < -0.4 is 10.6 Å². The molecule has 8 nitrogen and oxygen atoms in total. The molecule has 2 fully saturated rings. The zero-order valence-corrected chi connectivity index (χ0v) is 20.8. The van der Waals surface area contributed by atoms with Gasteiger partial charge in [0.25, 0.3) is 5.91 Å². The van der Waals surface area contributed by atoms with E-state index in [2.05, 4.69) is 20.5 Å². The van der Waals surface area contributed by atoms with Crippen molar-refractivity contribution in [3.63, 3.8) is 0 Å². The number of pyridine rings is 1. The normalized spacial score (nSPS) is 17.4. The Balaban J connectivity index is 1.34. The van der Waals surface area contributed by atoms with Crippen LogP contribution in [0, 0.1) is 5.41 Å². The number of amides is 2. The first-order chi connectivity index (χ1) is 16.4. The number of nitrogens with one attached hydrogen (secondary N) is 3. The van der Waals surface area contributed by atoms with Gasteiger partial charge in [0.05, 0.1) is 27.5 Å². The molecule has 2 aromatic rings. The van der Waals surface area contributed by atoms with E-state index >= 15 is 0 Å². The number of hydrogen-bond acceptors (Lipinski definition) is 7. The summed E-state index contributed by atoms with van der Waals surface area (Å²) in [6, 6.07) is 6.05. The summed E-state index contributed by atoms with van der Waals surface area (Å²) in [6.45, 7) is 7.27. The first-order valence-electron chi connectivity index (χ1n) is 12.1. The van der Waals surface area contributed by atoms with Gasteiger partial charge >= 0.3 is 0 Å². The van der Waals surface area contributed by atoms with Crippen LogP contribution in [0.2, 0.25) is 0 Å². The Morgan fingerprint density at radius 1 is 1.12 bits per heavy atom. The highest BCUT2D eigenvalue weighted by molar-refractivity contribution is 7.18. The minimum absolute atomic E-state index is 0.128. The number of rotatable bonds is 7. The molecular weight excluding hydrogens is 448 g/mol. The fourth-order valence-corrected chi connectivity index (χ4v) is 5.64. The third-order valence-corrected chi connectivity index (χ3v) is 7.65. The van der Waals surface area contributed by atoms with Crippen LogP contribution in [0.25, 0.3) is 0 Å². The molecule has 1 aliphatic heterocycles. The van der Waals surface area contributed by atoms with Crippen molar-refractivity contribution in [3.05, 3.63) is 40.5 Å². The minimum atomic E-state index is -0.181. The SMILES string of the molecule is CC(=N)c1cc(C(=O)Nc2ccc(CN3CCN(C(C)=O)CC3)nc2)sc1NC1CCCCC1. The maximum atomic E-state index is 12.9. The van der Waals surface area contributed by atoms with Crippen molar-refractivity contribution < 1.29 is 9.59 Å². The molecule has 1 aliphatic carbocycles. The van der Waals surface area contributed by atoms with Gasteiger partial charge in [0.2, 0.25) is 5.91 Å². The molecule has 1 saturated heterocycles. The Bertz CT molecular complexity index is 1020. The molecule has 0 spiro atoms.